The topological polar surface area (TPSA) is 87.4 Å². The molecule has 0 heterocycles. The summed E-state index contributed by atoms with van der Waals surface area (Å²) in [5, 5.41) is 17.3. The molecule has 0 amide bonds. The molecule has 2 atom stereocenters. The zero-order valence-electron chi connectivity index (χ0n) is 8.27. The van der Waals surface area contributed by atoms with Crippen LogP contribution in [0.25, 0.3) is 0 Å². The Balaban J connectivity index is 2.61. The van der Waals surface area contributed by atoms with Crippen molar-refractivity contribution in [1.82, 2.24) is 0 Å². The fourth-order valence-corrected chi connectivity index (χ4v) is 1.26. The normalized spacial score (nSPS) is 24.1. The molecule has 1 aliphatic rings. The molecule has 1 fully saturated rings. The van der Waals surface area contributed by atoms with Crippen LogP contribution in [0.1, 0.15) is 13.3 Å². The van der Waals surface area contributed by atoms with E-state index in [1.54, 1.807) is 13.0 Å². The van der Waals surface area contributed by atoms with Crippen LogP contribution in [-0.4, -0.2) is 23.7 Å². The summed E-state index contributed by atoms with van der Waals surface area (Å²) in [6.45, 7) is 1.84. The lowest BCUT2D eigenvalue weighted by Gasteiger charge is -1.98. The standard InChI is InChI=1S/C10H11NO4/c1-2-15-10(14)7(5-11)3-6-4-8(6)9(12)13/h3,6,8H,2,4H2,1H3,(H,12,13)/b7-3+/t6?,8-/m1/s1. The van der Waals surface area contributed by atoms with E-state index >= 15 is 0 Å². The Hall–Kier alpha value is -1.83. The van der Waals surface area contributed by atoms with Gasteiger partial charge in [-0.2, -0.15) is 5.26 Å². The second-order valence-electron chi connectivity index (χ2n) is 3.26. The van der Waals surface area contributed by atoms with Crippen molar-refractivity contribution in [3.8, 4) is 6.07 Å². The van der Waals surface area contributed by atoms with Crippen molar-refractivity contribution in [2.75, 3.05) is 6.61 Å². The van der Waals surface area contributed by atoms with E-state index in [2.05, 4.69) is 4.74 Å². The molecule has 0 radical (unpaired) electrons. The van der Waals surface area contributed by atoms with Crippen LogP contribution in [0.15, 0.2) is 11.6 Å². The van der Waals surface area contributed by atoms with E-state index in [1.165, 1.54) is 6.08 Å². The van der Waals surface area contributed by atoms with Crippen molar-refractivity contribution in [1.29, 1.82) is 5.26 Å². The van der Waals surface area contributed by atoms with Crippen LogP contribution in [0.5, 0.6) is 0 Å². The highest BCUT2D eigenvalue weighted by Gasteiger charge is 2.42. The number of aliphatic carboxylic acids is 1. The zero-order valence-corrected chi connectivity index (χ0v) is 8.27. The van der Waals surface area contributed by atoms with Gasteiger partial charge in [-0.3, -0.25) is 4.79 Å². The van der Waals surface area contributed by atoms with Gasteiger partial charge in [0.25, 0.3) is 0 Å². The van der Waals surface area contributed by atoms with Gasteiger partial charge in [0.05, 0.1) is 12.5 Å². The number of carboxylic acids is 1. The van der Waals surface area contributed by atoms with Gasteiger partial charge in [0, 0.05) is 0 Å². The van der Waals surface area contributed by atoms with E-state index in [9.17, 15) is 9.59 Å². The Kier molecular flexibility index (Phi) is 3.45. The summed E-state index contributed by atoms with van der Waals surface area (Å²) in [7, 11) is 0. The molecule has 1 aliphatic carbocycles. The lowest BCUT2D eigenvalue weighted by molar-refractivity contribution is -0.139. The Labute approximate surface area is 87.0 Å². The van der Waals surface area contributed by atoms with Crippen molar-refractivity contribution in [2.45, 2.75) is 13.3 Å². The number of carboxylic acid groups (broad SMARTS) is 1. The molecule has 1 N–H and O–H groups in total. The van der Waals surface area contributed by atoms with Gasteiger partial charge in [0.1, 0.15) is 11.6 Å². The first-order valence-corrected chi connectivity index (χ1v) is 4.62. The summed E-state index contributed by atoms with van der Waals surface area (Å²) < 4.78 is 4.64. The Morgan fingerprint density at radius 2 is 2.33 bits per heavy atom. The lowest BCUT2D eigenvalue weighted by atomic mass is 10.2. The maximum atomic E-state index is 11.2. The van der Waals surface area contributed by atoms with Gasteiger partial charge >= 0.3 is 11.9 Å². The molecule has 0 aliphatic heterocycles. The number of nitrogens with zero attached hydrogens (tertiary/aromatic N) is 1. The average molecular weight is 209 g/mol. The van der Waals surface area contributed by atoms with Gasteiger partial charge in [-0.25, -0.2) is 4.79 Å². The van der Waals surface area contributed by atoms with E-state index in [-0.39, 0.29) is 18.1 Å². The molecule has 0 saturated heterocycles. The summed E-state index contributed by atoms with van der Waals surface area (Å²) >= 11 is 0. The Morgan fingerprint density at radius 3 is 2.73 bits per heavy atom. The molecule has 0 bridgehead atoms. The predicted octanol–water partition coefficient (Wildman–Crippen LogP) is 0.720. The largest absolute Gasteiger partial charge is 0.481 e. The van der Waals surface area contributed by atoms with Gasteiger partial charge < -0.3 is 9.84 Å². The van der Waals surface area contributed by atoms with Crippen LogP contribution in [0.3, 0.4) is 0 Å². The highest BCUT2D eigenvalue weighted by atomic mass is 16.5. The highest BCUT2D eigenvalue weighted by Crippen LogP contribution is 2.40. The van der Waals surface area contributed by atoms with Gasteiger partial charge in [0.2, 0.25) is 0 Å². The summed E-state index contributed by atoms with van der Waals surface area (Å²) in [6, 6.07) is 1.71. The lowest BCUT2D eigenvalue weighted by Crippen LogP contribution is -2.07. The van der Waals surface area contributed by atoms with Crippen molar-refractivity contribution < 1.29 is 19.4 Å². The fraction of sp³-hybridized carbons (Fsp3) is 0.500. The van der Waals surface area contributed by atoms with Crippen molar-refractivity contribution >= 4 is 11.9 Å². The molecule has 0 aromatic rings. The van der Waals surface area contributed by atoms with Crippen molar-refractivity contribution in [3.05, 3.63) is 11.6 Å². The Bertz CT molecular complexity index is 353. The number of allylic oxidation sites excluding steroid dienone is 1. The smallest absolute Gasteiger partial charge is 0.348 e. The highest BCUT2D eigenvalue weighted by molar-refractivity contribution is 5.93. The van der Waals surface area contributed by atoms with E-state index in [1.807, 2.05) is 0 Å². The van der Waals surface area contributed by atoms with Crippen LogP contribution in [0.2, 0.25) is 0 Å². The monoisotopic (exact) mass is 209 g/mol. The second kappa shape index (κ2) is 4.60. The zero-order chi connectivity index (χ0) is 11.4. The average Bonchev–Trinajstić information content (AvgIpc) is 2.93. The van der Waals surface area contributed by atoms with Gasteiger partial charge in [0.15, 0.2) is 0 Å². The molecule has 0 spiro atoms. The maximum Gasteiger partial charge on any atom is 0.348 e. The fourth-order valence-electron chi connectivity index (χ4n) is 1.26. The molecular weight excluding hydrogens is 198 g/mol. The number of ether oxygens (including phenoxy) is 1. The summed E-state index contributed by atoms with van der Waals surface area (Å²) in [5.41, 5.74) is -0.106. The van der Waals surface area contributed by atoms with E-state index in [0.29, 0.717) is 6.42 Å². The molecule has 5 nitrogen and oxygen atoms in total. The third-order valence-corrected chi connectivity index (χ3v) is 2.15. The SMILES string of the molecule is CCOC(=O)/C(C#N)=C/C1C[C@H]1C(=O)O. The first-order valence-electron chi connectivity index (χ1n) is 4.62. The van der Waals surface area contributed by atoms with E-state index < -0.39 is 17.9 Å². The number of rotatable bonds is 4. The molecule has 5 heteroatoms. The van der Waals surface area contributed by atoms with Crippen LogP contribution >= 0.6 is 0 Å². The molecule has 1 saturated carbocycles. The van der Waals surface area contributed by atoms with E-state index in [4.69, 9.17) is 10.4 Å². The van der Waals surface area contributed by atoms with Gasteiger partial charge in [-0.1, -0.05) is 6.08 Å². The molecule has 15 heavy (non-hydrogen) atoms. The summed E-state index contributed by atoms with van der Waals surface area (Å²) in [6.07, 6.45) is 1.87. The van der Waals surface area contributed by atoms with E-state index in [0.717, 1.165) is 0 Å². The minimum absolute atomic E-state index is 0.106. The molecule has 1 rings (SSSR count). The second-order valence-corrected chi connectivity index (χ2v) is 3.26. The number of hydrogen-bond acceptors (Lipinski definition) is 4. The van der Waals surface area contributed by atoms with Crippen LogP contribution in [0.4, 0.5) is 0 Å². The number of carbonyl (C=O) groups excluding carboxylic acids is 1. The number of esters is 1. The third-order valence-electron chi connectivity index (χ3n) is 2.15. The van der Waals surface area contributed by atoms with Crippen LogP contribution in [-0.2, 0) is 14.3 Å². The maximum absolute atomic E-state index is 11.2. The number of nitriles is 1. The Morgan fingerprint density at radius 1 is 1.67 bits per heavy atom. The quantitative estimate of drug-likeness (QED) is 0.418. The van der Waals surface area contributed by atoms with Gasteiger partial charge in [-0.05, 0) is 19.3 Å². The summed E-state index contributed by atoms with van der Waals surface area (Å²) in [5.74, 6) is -2.24. The molecule has 0 aromatic heterocycles. The minimum atomic E-state index is -0.891. The van der Waals surface area contributed by atoms with Crippen molar-refractivity contribution in [3.63, 3.8) is 0 Å². The first kappa shape index (κ1) is 11.2. The van der Waals surface area contributed by atoms with Crippen LogP contribution in [0, 0.1) is 23.2 Å². The number of hydrogen-bond donors (Lipinski definition) is 1. The predicted molar refractivity (Wildman–Crippen MR) is 49.6 cm³/mol. The molecular formula is C10H11NO4. The van der Waals surface area contributed by atoms with Crippen molar-refractivity contribution in [2.24, 2.45) is 11.8 Å². The minimum Gasteiger partial charge on any atom is -0.481 e. The molecule has 1 unspecified atom stereocenters. The third kappa shape index (κ3) is 2.81. The van der Waals surface area contributed by atoms with Crippen LogP contribution < -0.4 is 0 Å². The molecule has 80 valence electrons. The first-order chi connectivity index (χ1) is 7.10. The number of carbonyl (C=O) groups is 2. The van der Waals surface area contributed by atoms with Gasteiger partial charge in [-0.15, -0.1) is 0 Å². The summed E-state index contributed by atoms with van der Waals surface area (Å²) in [4.78, 5) is 21.7. The molecule has 0 aromatic carbocycles.